The summed E-state index contributed by atoms with van der Waals surface area (Å²) in [5.74, 6) is 1.04. The monoisotopic (exact) mass is 462 g/mol. The van der Waals surface area contributed by atoms with Gasteiger partial charge in [0.1, 0.15) is 11.6 Å². The van der Waals surface area contributed by atoms with Crippen LogP contribution in [0, 0.1) is 5.82 Å². The Bertz CT molecular complexity index is 1230. The highest BCUT2D eigenvalue weighted by Crippen LogP contribution is 2.32. The molecule has 0 atom stereocenters. The summed E-state index contributed by atoms with van der Waals surface area (Å²) in [5.41, 5.74) is 1.61. The van der Waals surface area contributed by atoms with Crippen LogP contribution in [0.2, 0.25) is 0 Å². The summed E-state index contributed by atoms with van der Waals surface area (Å²) in [7, 11) is 0. The molecule has 1 N–H and O–H groups in total. The van der Waals surface area contributed by atoms with E-state index in [4.69, 9.17) is 0 Å². The van der Waals surface area contributed by atoms with Gasteiger partial charge < -0.3 is 5.32 Å². The molecule has 0 spiro atoms. The summed E-state index contributed by atoms with van der Waals surface area (Å²) >= 11 is 1.30. The molecule has 168 valence electrons. The average molecular weight is 463 g/mol. The van der Waals surface area contributed by atoms with E-state index in [0.717, 1.165) is 29.9 Å². The predicted molar refractivity (Wildman–Crippen MR) is 126 cm³/mol. The van der Waals surface area contributed by atoms with E-state index in [-0.39, 0.29) is 17.5 Å². The highest BCUT2D eigenvalue weighted by atomic mass is 32.2. The zero-order chi connectivity index (χ0) is 22.6. The van der Waals surface area contributed by atoms with Gasteiger partial charge in [-0.25, -0.2) is 9.07 Å². The number of nitrogens with zero attached hydrogens (tertiary/aromatic N) is 5. The van der Waals surface area contributed by atoms with E-state index in [0.29, 0.717) is 17.0 Å². The number of carbonyl (C=O) groups is 1. The summed E-state index contributed by atoms with van der Waals surface area (Å²) in [6, 6.07) is 18.0. The predicted octanol–water partition coefficient (Wildman–Crippen LogP) is 5.12. The number of hydrogen-bond acceptors (Lipinski definition) is 5. The van der Waals surface area contributed by atoms with E-state index in [1.807, 2.05) is 45.6 Å². The van der Waals surface area contributed by atoms with Gasteiger partial charge in [0.15, 0.2) is 11.0 Å². The zero-order valence-electron chi connectivity index (χ0n) is 17.9. The summed E-state index contributed by atoms with van der Waals surface area (Å²) in [6.07, 6.45) is 6.29. The van der Waals surface area contributed by atoms with Crippen LogP contribution in [0.1, 0.15) is 31.7 Å². The maximum atomic E-state index is 13.4. The molecule has 2 aromatic carbocycles. The molecule has 0 aliphatic heterocycles. The lowest BCUT2D eigenvalue weighted by Crippen LogP contribution is -2.19. The Balaban J connectivity index is 1.35. The largest absolute Gasteiger partial charge is 0.310 e. The van der Waals surface area contributed by atoms with E-state index < -0.39 is 0 Å². The number of hydrogen-bond donors (Lipinski definition) is 1. The molecule has 0 saturated heterocycles. The molecule has 1 saturated carbocycles. The Kier molecular flexibility index (Phi) is 6.21. The molecule has 5 rings (SSSR count). The Labute approximate surface area is 195 Å². The molecular weight excluding hydrogens is 439 g/mol. The minimum absolute atomic E-state index is 0.134. The van der Waals surface area contributed by atoms with Crippen molar-refractivity contribution in [3.8, 4) is 17.1 Å². The second-order valence-electron chi connectivity index (χ2n) is 7.92. The van der Waals surface area contributed by atoms with Gasteiger partial charge in [0, 0.05) is 17.3 Å². The van der Waals surface area contributed by atoms with Crippen LogP contribution in [-0.2, 0) is 4.79 Å². The Morgan fingerprint density at radius 3 is 2.55 bits per heavy atom. The van der Waals surface area contributed by atoms with Crippen LogP contribution in [0.15, 0.2) is 72.0 Å². The number of rotatable bonds is 7. The third-order valence-electron chi connectivity index (χ3n) is 5.69. The Morgan fingerprint density at radius 2 is 1.79 bits per heavy atom. The number of anilines is 1. The zero-order valence-corrected chi connectivity index (χ0v) is 18.7. The molecule has 9 heteroatoms. The smallest absolute Gasteiger partial charge is 0.235 e. The average Bonchev–Trinajstić information content (AvgIpc) is 3.59. The van der Waals surface area contributed by atoms with Crippen molar-refractivity contribution in [1.82, 2.24) is 24.5 Å². The van der Waals surface area contributed by atoms with Crippen LogP contribution in [0.3, 0.4) is 0 Å². The first kappa shape index (κ1) is 21.4. The first-order valence-electron chi connectivity index (χ1n) is 10.9. The van der Waals surface area contributed by atoms with Gasteiger partial charge >= 0.3 is 0 Å². The number of benzene rings is 2. The molecule has 0 unspecified atom stereocenters. The molecule has 33 heavy (non-hydrogen) atoms. The third-order valence-corrected chi connectivity index (χ3v) is 6.62. The van der Waals surface area contributed by atoms with Crippen molar-refractivity contribution in [2.45, 2.75) is 36.9 Å². The van der Waals surface area contributed by atoms with Crippen molar-refractivity contribution in [2.75, 3.05) is 11.1 Å². The van der Waals surface area contributed by atoms with Crippen LogP contribution in [-0.4, -0.2) is 36.2 Å². The van der Waals surface area contributed by atoms with Crippen LogP contribution >= 0.6 is 11.8 Å². The minimum atomic E-state index is -0.312. The summed E-state index contributed by atoms with van der Waals surface area (Å²) in [4.78, 5) is 12.7. The van der Waals surface area contributed by atoms with Crippen LogP contribution < -0.4 is 5.32 Å². The second kappa shape index (κ2) is 9.58. The van der Waals surface area contributed by atoms with Crippen molar-refractivity contribution >= 4 is 23.5 Å². The van der Waals surface area contributed by atoms with Gasteiger partial charge in [-0.05, 0) is 49.2 Å². The van der Waals surface area contributed by atoms with E-state index in [1.54, 1.807) is 18.3 Å². The first-order chi connectivity index (χ1) is 16.2. The number of aromatic nitrogens is 5. The SMILES string of the molecule is O=C(CSc1nnc(-c2ccc(F)cc2)n1-c1ccccc1)Nc1ccnn1C1CCCC1. The molecule has 1 aliphatic carbocycles. The lowest BCUT2D eigenvalue weighted by Gasteiger charge is -2.14. The maximum Gasteiger partial charge on any atom is 0.235 e. The fourth-order valence-corrected chi connectivity index (χ4v) is 4.87. The van der Waals surface area contributed by atoms with Crippen molar-refractivity contribution in [1.29, 1.82) is 0 Å². The van der Waals surface area contributed by atoms with Gasteiger partial charge in [-0.15, -0.1) is 10.2 Å². The van der Waals surface area contributed by atoms with Gasteiger partial charge in [-0.1, -0.05) is 42.8 Å². The molecular formula is C24H23FN6OS. The maximum absolute atomic E-state index is 13.4. The van der Waals surface area contributed by atoms with Gasteiger partial charge in [0.25, 0.3) is 0 Å². The lowest BCUT2D eigenvalue weighted by atomic mass is 10.2. The number of carbonyl (C=O) groups excluding carboxylic acids is 1. The fraction of sp³-hybridized carbons (Fsp3) is 0.250. The molecule has 2 heterocycles. The summed E-state index contributed by atoms with van der Waals surface area (Å²) in [6.45, 7) is 0. The topological polar surface area (TPSA) is 77.6 Å². The minimum Gasteiger partial charge on any atom is -0.310 e. The molecule has 1 amide bonds. The molecule has 0 radical (unpaired) electrons. The number of amides is 1. The van der Waals surface area contributed by atoms with Crippen molar-refractivity contribution in [3.63, 3.8) is 0 Å². The van der Waals surface area contributed by atoms with Crippen molar-refractivity contribution in [3.05, 3.63) is 72.7 Å². The van der Waals surface area contributed by atoms with E-state index in [2.05, 4.69) is 20.6 Å². The summed E-state index contributed by atoms with van der Waals surface area (Å²) < 4.78 is 17.2. The number of para-hydroxylation sites is 1. The first-order valence-corrected chi connectivity index (χ1v) is 11.9. The molecule has 1 fully saturated rings. The van der Waals surface area contributed by atoms with Gasteiger partial charge in [-0.3, -0.25) is 9.36 Å². The second-order valence-corrected chi connectivity index (χ2v) is 8.86. The molecule has 2 aromatic heterocycles. The third kappa shape index (κ3) is 4.68. The van der Waals surface area contributed by atoms with Crippen molar-refractivity contribution < 1.29 is 9.18 Å². The van der Waals surface area contributed by atoms with E-state index in [1.165, 1.54) is 36.7 Å². The van der Waals surface area contributed by atoms with Gasteiger partial charge in [-0.2, -0.15) is 5.10 Å². The van der Waals surface area contributed by atoms with Crippen LogP contribution in [0.4, 0.5) is 10.2 Å². The standard InChI is InChI=1S/C24H23FN6OS/c25-18-12-10-17(11-13-18)23-28-29-24(30(23)19-6-2-1-3-7-19)33-16-22(32)27-21-14-15-26-31(21)20-8-4-5-9-20/h1-3,6-7,10-15,20H,4-5,8-9,16H2,(H,27,32). The number of nitrogens with one attached hydrogen (secondary N) is 1. The molecule has 7 nitrogen and oxygen atoms in total. The fourth-order valence-electron chi connectivity index (χ4n) is 4.12. The molecule has 0 bridgehead atoms. The van der Waals surface area contributed by atoms with Gasteiger partial charge in [0.2, 0.25) is 5.91 Å². The highest BCUT2D eigenvalue weighted by Gasteiger charge is 2.21. The van der Waals surface area contributed by atoms with Gasteiger partial charge in [0.05, 0.1) is 18.0 Å². The lowest BCUT2D eigenvalue weighted by molar-refractivity contribution is -0.113. The highest BCUT2D eigenvalue weighted by molar-refractivity contribution is 7.99. The molecule has 1 aliphatic rings. The number of thioether (sulfide) groups is 1. The van der Waals surface area contributed by atoms with Crippen LogP contribution in [0.25, 0.3) is 17.1 Å². The summed E-state index contributed by atoms with van der Waals surface area (Å²) in [5, 5.41) is 16.6. The van der Waals surface area contributed by atoms with Crippen LogP contribution in [0.5, 0.6) is 0 Å². The quantitative estimate of drug-likeness (QED) is 0.386. The molecule has 4 aromatic rings. The van der Waals surface area contributed by atoms with E-state index in [9.17, 15) is 9.18 Å². The number of halogens is 1. The van der Waals surface area contributed by atoms with Crippen molar-refractivity contribution in [2.24, 2.45) is 0 Å². The van der Waals surface area contributed by atoms with E-state index >= 15 is 0 Å². The Morgan fingerprint density at radius 1 is 1.03 bits per heavy atom. The normalized spacial score (nSPS) is 14.0. The Hall–Kier alpha value is -3.46.